The third kappa shape index (κ3) is 1.95. The molecule has 4 heteroatoms. The summed E-state index contributed by atoms with van der Waals surface area (Å²) >= 11 is 5.94. The molecule has 0 saturated heterocycles. The van der Waals surface area contributed by atoms with Gasteiger partial charge in [-0.05, 0) is 30.3 Å². The van der Waals surface area contributed by atoms with Crippen molar-refractivity contribution in [2.75, 3.05) is 7.05 Å². The summed E-state index contributed by atoms with van der Waals surface area (Å²) in [5.74, 6) is 0.500. The van der Waals surface area contributed by atoms with Crippen LogP contribution in [0, 0.1) is 0 Å². The molecule has 2 rings (SSSR count). The van der Waals surface area contributed by atoms with E-state index in [1.54, 1.807) is 31.5 Å². The normalized spacial score (nSPS) is 10.1. The van der Waals surface area contributed by atoms with Gasteiger partial charge < -0.3 is 9.73 Å². The molecule has 1 N–H and O–H groups in total. The van der Waals surface area contributed by atoms with E-state index in [-0.39, 0.29) is 5.91 Å². The summed E-state index contributed by atoms with van der Waals surface area (Å²) in [4.78, 5) is 11.5. The largest absolute Gasteiger partial charge is 0.464 e. The van der Waals surface area contributed by atoms with E-state index in [0.717, 1.165) is 5.56 Å². The Labute approximate surface area is 98.0 Å². The molecule has 0 atom stereocenters. The predicted molar refractivity (Wildman–Crippen MR) is 62.5 cm³/mol. The molecule has 0 fully saturated rings. The van der Waals surface area contributed by atoms with Crippen molar-refractivity contribution in [3.63, 3.8) is 0 Å². The topological polar surface area (TPSA) is 42.2 Å². The molecule has 1 amide bonds. The van der Waals surface area contributed by atoms with Gasteiger partial charge in [-0.1, -0.05) is 11.6 Å². The van der Waals surface area contributed by atoms with E-state index in [1.165, 1.54) is 0 Å². The summed E-state index contributed by atoms with van der Waals surface area (Å²) in [6.45, 7) is 0. The molecule has 0 spiro atoms. The Morgan fingerprint density at radius 2 is 2.19 bits per heavy atom. The van der Waals surface area contributed by atoms with E-state index < -0.39 is 0 Å². The highest BCUT2D eigenvalue weighted by molar-refractivity contribution is 6.34. The number of rotatable bonds is 2. The van der Waals surface area contributed by atoms with Gasteiger partial charge in [-0.25, -0.2) is 0 Å². The predicted octanol–water partition coefficient (Wildman–Crippen LogP) is 2.96. The van der Waals surface area contributed by atoms with Gasteiger partial charge in [-0.15, -0.1) is 0 Å². The monoisotopic (exact) mass is 235 g/mol. The number of amides is 1. The summed E-state index contributed by atoms with van der Waals surface area (Å²) < 4.78 is 5.25. The molecule has 1 aromatic heterocycles. The van der Waals surface area contributed by atoms with Gasteiger partial charge in [-0.2, -0.15) is 0 Å². The molecule has 0 saturated carbocycles. The second-order valence-corrected chi connectivity index (χ2v) is 3.66. The lowest BCUT2D eigenvalue weighted by molar-refractivity contribution is 0.0963. The number of carbonyl (C=O) groups is 1. The second-order valence-electron chi connectivity index (χ2n) is 3.25. The third-order valence-electron chi connectivity index (χ3n) is 2.24. The van der Waals surface area contributed by atoms with Crippen molar-refractivity contribution >= 4 is 17.5 Å². The number of hydrogen-bond acceptors (Lipinski definition) is 2. The van der Waals surface area contributed by atoms with Crippen molar-refractivity contribution in [1.29, 1.82) is 0 Å². The van der Waals surface area contributed by atoms with Gasteiger partial charge >= 0.3 is 0 Å². The molecule has 0 radical (unpaired) electrons. The summed E-state index contributed by atoms with van der Waals surface area (Å²) in [5.41, 5.74) is 1.27. The van der Waals surface area contributed by atoms with Crippen LogP contribution in [0.3, 0.4) is 0 Å². The summed E-state index contributed by atoms with van der Waals surface area (Å²) in [6.07, 6.45) is 1.59. The minimum atomic E-state index is -0.210. The quantitative estimate of drug-likeness (QED) is 0.870. The van der Waals surface area contributed by atoms with Crippen LogP contribution in [-0.2, 0) is 0 Å². The van der Waals surface area contributed by atoms with Gasteiger partial charge in [-0.3, -0.25) is 4.79 Å². The average molecular weight is 236 g/mol. The minimum Gasteiger partial charge on any atom is -0.464 e. The maximum absolute atomic E-state index is 11.5. The summed E-state index contributed by atoms with van der Waals surface area (Å²) in [6, 6.07) is 8.83. The Morgan fingerprint density at radius 1 is 1.38 bits per heavy atom. The van der Waals surface area contributed by atoms with Gasteiger partial charge in [0.15, 0.2) is 0 Å². The zero-order valence-electron chi connectivity index (χ0n) is 8.66. The molecule has 0 aliphatic heterocycles. The second kappa shape index (κ2) is 4.41. The lowest BCUT2D eigenvalue weighted by Crippen LogP contribution is -2.18. The number of carbonyl (C=O) groups excluding carboxylic acids is 1. The zero-order valence-corrected chi connectivity index (χ0v) is 9.41. The lowest BCUT2D eigenvalue weighted by atomic mass is 10.1. The SMILES string of the molecule is CNC(=O)c1cc(-c2ccco2)ccc1Cl. The molecule has 0 aliphatic rings. The first-order chi connectivity index (χ1) is 7.72. The Bertz CT molecular complexity index is 506. The lowest BCUT2D eigenvalue weighted by Gasteiger charge is -2.04. The first-order valence-electron chi connectivity index (χ1n) is 4.78. The fourth-order valence-electron chi connectivity index (χ4n) is 1.43. The van der Waals surface area contributed by atoms with Crippen LogP contribution < -0.4 is 5.32 Å². The summed E-state index contributed by atoms with van der Waals surface area (Å²) in [7, 11) is 1.57. The highest BCUT2D eigenvalue weighted by Crippen LogP contribution is 2.25. The Kier molecular flexibility index (Phi) is 2.97. The van der Waals surface area contributed by atoms with E-state index >= 15 is 0 Å². The number of halogens is 1. The van der Waals surface area contributed by atoms with Gasteiger partial charge in [0.05, 0.1) is 16.8 Å². The van der Waals surface area contributed by atoms with E-state index in [4.69, 9.17) is 16.0 Å². The maximum atomic E-state index is 11.5. The van der Waals surface area contributed by atoms with Crippen LogP contribution in [0.25, 0.3) is 11.3 Å². The van der Waals surface area contributed by atoms with Crippen LogP contribution in [0.1, 0.15) is 10.4 Å². The van der Waals surface area contributed by atoms with Gasteiger partial charge in [0.25, 0.3) is 5.91 Å². The molecule has 2 aromatic rings. The van der Waals surface area contributed by atoms with Crippen LogP contribution in [0.5, 0.6) is 0 Å². The first-order valence-corrected chi connectivity index (χ1v) is 5.15. The van der Waals surface area contributed by atoms with E-state index in [9.17, 15) is 4.79 Å². The smallest absolute Gasteiger partial charge is 0.252 e. The van der Waals surface area contributed by atoms with Crippen LogP contribution in [0.4, 0.5) is 0 Å². The van der Waals surface area contributed by atoms with Crippen LogP contribution in [-0.4, -0.2) is 13.0 Å². The van der Waals surface area contributed by atoms with Gasteiger partial charge in [0.1, 0.15) is 5.76 Å². The van der Waals surface area contributed by atoms with Crippen molar-refractivity contribution in [3.05, 3.63) is 47.2 Å². The fourth-order valence-corrected chi connectivity index (χ4v) is 1.63. The number of hydrogen-bond donors (Lipinski definition) is 1. The molecule has 0 unspecified atom stereocenters. The average Bonchev–Trinajstić information content (AvgIpc) is 2.82. The molecule has 82 valence electrons. The van der Waals surface area contributed by atoms with Crippen LogP contribution in [0.15, 0.2) is 41.0 Å². The Hall–Kier alpha value is -1.74. The zero-order chi connectivity index (χ0) is 11.5. The van der Waals surface area contributed by atoms with Crippen molar-refractivity contribution < 1.29 is 9.21 Å². The van der Waals surface area contributed by atoms with Gasteiger partial charge in [0, 0.05) is 12.6 Å². The van der Waals surface area contributed by atoms with Gasteiger partial charge in [0.2, 0.25) is 0 Å². The van der Waals surface area contributed by atoms with E-state index in [1.807, 2.05) is 12.1 Å². The van der Waals surface area contributed by atoms with Crippen molar-refractivity contribution in [1.82, 2.24) is 5.32 Å². The van der Waals surface area contributed by atoms with E-state index in [2.05, 4.69) is 5.32 Å². The Balaban J connectivity index is 2.47. The molecule has 16 heavy (non-hydrogen) atoms. The summed E-state index contributed by atoms with van der Waals surface area (Å²) in [5, 5.41) is 2.97. The molecule has 0 bridgehead atoms. The highest BCUT2D eigenvalue weighted by Gasteiger charge is 2.11. The first kappa shape index (κ1) is 10.8. The van der Waals surface area contributed by atoms with Crippen molar-refractivity contribution in [2.45, 2.75) is 0 Å². The molecular weight excluding hydrogens is 226 g/mol. The minimum absolute atomic E-state index is 0.210. The maximum Gasteiger partial charge on any atom is 0.252 e. The van der Waals surface area contributed by atoms with Crippen LogP contribution in [0.2, 0.25) is 5.02 Å². The number of nitrogens with one attached hydrogen (secondary N) is 1. The van der Waals surface area contributed by atoms with Crippen molar-refractivity contribution in [2.24, 2.45) is 0 Å². The standard InChI is InChI=1S/C12H10ClNO2/c1-14-12(15)9-7-8(4-5-10(9)13)11-3-2-6-16-11/h2-7H,1H3,(H,14,15). The molecule has 0 aliphatic carbocycles. The van der Waals surface area contributed by atoms with Crippen molar-refractivity contribution in [3.8, 4) is 11.3 Å². The fraction of sp³-hybridized carbons (Fsp3) is 0.0833. The number of furan rings is 1. The molecule has 3 nitrogen and oxygen atoms in total. The van der Waals surface area contributed by atoms with Crippen LogP contribution >= 0.6 is 11.6 Å². The third-order valence-corrected chi connectivity index (χ3v) is 2.57. The molecule has 1 aromatic carbocycles. The van der Waals surface area contributed by atoms with E-state index in [0.29, 0.717) is 16.3 Å². The Morgan fingerprint density at radius 3 is 2.81 bits per heavy atom. The molecular formula is C12H10ClNO2. The molecule has 1 heterocycles. The number of benzene rings is 1. The highest BCUT2D eigenvalue weighted by atomic mass is 35.5.